The molecule has 0 radical (unpaired) electrons. The highest BCUT2D eigenvalue weighted by Crippen LogP contribution is 2.37. The third-order valence-electron chi connectivity index (χ3n) is 3.50. The monoisotopic (exact) mass is 298 g/mol. The number of nitrogens with two attached hydrogens (primary N) is 1. The lowest BCUT2D eigenvalue weighted by Gasteiger charge is -2.15. The summed E-state index contributed by atoms with van der Waals surface area (Å²) >= 11 is 0. The number of aromatic nitrogens is 3. The summed E-state index contributed by atoms with van der Waals surface area (Å²) < 4.78 is 42.4. The molecule has 7 heteroatoms. The maximum Gasteiger partial charge on any atom is 0.239 e. The van der Waals surface area contributed by atoms with E-state index in [4.69, 9.17) is 5.73 Å². The molecule has 0 amide bonds. The van der Waals surface area contributed by atoms with E-state index < -0.39 is 23.4 Å². The van der Waals surface area contributed by atoms with Gasteiger partial charge in [-0.05, 0) is 31.4 Å². The van der Waals surface area contributed by atoms with E-state index in [9.17, 15) is 13.2 Å². The molecule has 0 bridgehead atoms. The van der Waals surface area contributed by atoms with Gasteiger partial charge in [-0.15, -0.1) is 5.10 Å². The molecule has 0 spiro atoms. The molecule has 2 N–H and O–H groups in total. The van der Waals surface area contributed by atoms with Crippen LogP contribution >= 0.6 is 0 Å². The van der Waals surface area contributed by atoms with Gasteiger partial charge >= 0.3 is 0 Å². The fourth-order valence-electron chi connectivity index (χ4n) is 2.39. The topological polar surface area (TPSA) is 56.7 Å². The van der Waals surface area contributed by atoms with Crippen LogP contribution in [0.5, 0.6) is 0 Å². The standard InChI is InChI=1S/C14H17F3N4/c1-3-10(15)12(17)11(16)8(2)9-6-4-5-7-21-13(9)19-14(18)20-21/h3,9H,2,4-7H2,1H3,(H2,18,20)/b10-3+,12-11-/t9-/m0/s1. The van der Waals surface area contributed by atoms with Crippen LogP contribution in [0.25, 0.3) is 0 Å². The first-order chi connectivity index (χ1) is 9.95. The van der Waals surface area contributed by atoms with Crippen molar-refractivity contribution < 1.29 is 13.2 Å². The van der Waals surface area contributed by atoms with Crippen LogP contribution in [0.1, 0.15) is 37.9 Å². The van der Waals surface area contributed by atoms with E-state index in [0.717, 1.165) is 18.9 Å². The molecule has 1 aromatic rings. The zero-order valence-corrected chi connectivity index (χ0v) is 11.7. The Morgan fingerprint density at radius 3 is 2.71 bits per heavy atom. The van der Waals surface area contributed by atoms with E-state index in [0.29, 0.717) is 18.8 Å². The van der Waals surface area contributed by atoms with Gasteiger partial charge in [-0.2, -0.15) is 4.98 Å². The Balaban J connectivity index is 2.39. The Labute approximate surface area is 120 Å². The number of hydrogen-bond acceptors (Lipinski definition) is 3. The summed E-state index contributed by atoms with van der Waals surface area (Å²) in [6, 6.07) is 0. The molecule has 0 saturated heterocycles. The van der Waals surface area contributed by atoms with E-state index in [1.54, 1.807) is 4.68 Å². The fourth-order valence-corrected chi connectivity index (χ4v) is 2.39. The predicted molar refractivity (Wildman–Crippen MR) is 74.3 cm³/mol. The van der Waals surface area contributed by atoms with Crippen molar-refractivity contribution in [2.75, 3.05) is 5.73 Å². The molecule has 0 aromatic carbocycles. The average molecular weight is 298 g/mol. The Kier molecular flexibility index (Phi) is 4.50. The minimum Gasteiger partial charge on any atom is -0.366 e. The van der Waals surface area contributed by atoms with Gasteiger partial charge in [-0.3, -0.25) is 0 Å². The maximum absolute atomic E-state index is 14.1. The van der Waals surface area contributed by atoms with Crippen LogP contribution in [0.15, 0.2) is 35.7 Å². The number of halogens is 3. The van der Waals surface area contributed by atoms with Crippen molar-refractivity contribution in [2.45, 2.75) is 38.6 Å². The summed E-state index contributed by atoms with van der Waals surface area (Å²) in [6.45, 7) is 5.47. The molecule has 1 atom stereocenters. The molecule has 1 aliphatic heterocycles. The molecule has 21 heavy (non-hydrogen) atoms. The lowest BCUT2D eigenvalue weighted by Crippen LogP contribution is -2.10. The summed E-state index contributed by atoms with van der Waals surface area (Å²) in [6.07, 6.45) is 3.01. The van der Waals surface area contributed by atoms with Crippen LogP contribution < -0.4 is 5.73 Å². The van der Waals surface area contributed by atoms with E-state index >= 15 is 0 Å². The van der Waals surface area contributed by atoms with Crippen molar-refractivity contribution in [3.63, 3.8) is 0 Å². The summed E-state index contributed by atoms with van der Waals surface area (Å²) in [4.78, 5) is 4.07. The van der Waals surface area contributed by atoms with Crippen LogP contribution in [0.3, 0.4) is 0 Å². The van der Waals surface area contributed by atoms with Crippen LogP contribution in [-0.4, -0.2) is 14.8 Å². The van der Waals surface area contributed by atoms with Crippen molar-refractivity contribution in [1.29, 1.82) is 0 Å². The molecule has 1 aliphatic rings. The van der Waals surface area contributed by atoms with E-state index in [-0.39, 0.29) is 11.5 Å². The third kappa shape index (κ3) is 3.01. The summed E-state index contributed by atoms with van der Waals surface area (Å²) in [7, 11) is 0. The van der Waals surface area contributed by atoms with E-state index in [2.05, 4.69) is 16.7 Å². The Hall–Kier alpha value is -2.05. The predicted octanol–water partition coefficient (Wildman–Crippen LogP) is 3.71. The SMILES string of the molecule is C=C(/C(F)=C(F)\C(F)=C/C)[C@@H]1CCCCn2nc(N)nc21. The summed E-state index contributed by atoms with van der Waals surface area (Å²) in [5.74, 6) is -4.11. The zero-order chi connectivity index (χ0) is 15.6. The van der Waals surface area contributed by atoms with Gasteiger partial charge in [-0.1, -0.05) is 13.0 Å². The second-order valence-corrected chi connectivity index (χ2v) is 4.89. The number of allylic oxidation sites excluding steroid dienone is 5. The van der Waals surface area contributed by atoms with Gasteiger partial charge in [0, 0.05) is 12.5 Å². The van der Waals surface area contributed by atoms with Crippen molar-refractivity contribution in [3.05, 3.63) is 41.5 Å². The lowest BCUT2D eigenvalue weighted by molar-refractivity contribution is 0.487. The van der Waals surface area contributed by atoms with E-state index in [1.165, 1.54) is 6.92 Å². The van der Waals surface area contributed by atoms with Gasteiger partial charge in [0.15, 0.2) is 17.5 Å². The molecule has 0 aliphatic carbocycles. The number of nitrogen functional groups attached to an aromatic ring is 1. The first-order valence-electron chi connectivity index (χ1n) is 6.72. The normalized spacial score (nSPS) is 20.6. The quantitative estimate of drug-likeness (QED) is 0.865. The van der Waals surface area contributed by atoms with Gasteiger partial charge in [0.1, 0.15) is 5.82 Å². The number of nitrogens with zero attached hydrogens (tertiary/aromatic N) is 3. The molecule has 4 nitrogen and oxygen atoms in total. The molecule has 0 fully saturated rings. The van der Waals surface area contributed by atoms with Gasteiger partial charge < -0.3 is 5.73 Å². The van der Waals surface area contributed by atoms with Gasteiger partial charge in [0.05, 0.1) is 0 Å². The number of hydrogen-bond donors (Lipinski definition) is 1. The van der Waals surface area contributed by atoms with Gasteiger partial charge in [-0.25, -0.2) is 17.9 Å². The van der Waals surface area contributed by atoms with Crippen LogP contribution in [0, 0.1) is 0 Å². The van der Waals surface area contributed by atoms with Crippen molar-refractivity contribution in [2.24, 2.45) is 0 Å². The Morgan fingerprint density at radius 2 is 2.05 bits per heavy atom. The van der Waals surface area contributed by atoms with E-state index in [1.807, 2.05) is 0 Å². The first-order valence-corrected chi connectivity index (χ1v) is 6.72. The van der Waals surface area contributed by atoms with Crippen LogP contribution in [0.2, 0.25) is 0 Å². The van der Waals surface area contributed by atoms with Gasteiger partial charge in [0.25, 0.3) is 0 Å². The molecule has 2 rings (SSSR count). The fraction of sp³-hybridized carbons (Fsp3) is 0.429. The zero-order valence-electron chi connectivity index (χ0n) is 11.7. The lowest BCUT2D eigenvalue weighted by atomic mass is 9.93. The molecule has 0 unspecified atom stereocenters. The minimum atomic E-state index is -1.54. The molecule has 114 valence electrons. The van der Waals surface area contributed by atoms with Gasteiger partial charge in [0.2, 0.25) is 5.95 Å². The highest BCUT2D eigenvalue weighted by molar-refractivity contribution is 5.39. The van der Waals surface area contributed by atoms with Crippen LogP contribution in [0.4, 0.5) is 19.1 Å². The van der Waals surface area contributed by atoms with Crippen molar-refractivity contribution in [3.8, 4) is 0 Å². The van der Waals surface area contributed by atoms with Crippen molar-refractivity contribution in [1.82, 2.24) is 14.8 Å². The Morgan fingerprint density at radius 1 is 1.33 bits per heavy atom. The smallest absolute Gasteiger partial charge is 0.239 e. The second kappa shape index (κ2) is 6.15. The minimum absolute atomic E-state index is 0.0780. The number of fused-ring (bicyclic) bond motifs is 1. The molecular weight excluding hydrogens is 281 g/mol. The third-order valence-corrected chi connectivity index (χ3v) is 3.50. The summed E-state index contributed by atoms with van der Waals surface area (Å²) in [5, 5.41) is 4.02. The first kappa shape index (κ1) is 15.3. The number of rotatable bonds is 3. The summed E-state index contributed by atoms with van der Waals surface area (Å²) in [5.41, 5.74) is 5.42. The van der Waals surface area contributed by atoms with Crippen molar-refractivity contribution >= 4 is 5.95 Å². The molecule has 2 heterocycles. The largest absolute Gasteiger partial charge is 0.366 e. The average Bonchev–Trinajstić information content (AvgIpc) is 2.74. The Bertz CT molecular complexity index is 616. The molecule has 1 aromatic heterocycles. The highest BCUT2D eigenvalue weighted by atomic mass is 19.2. The molecule has 0 saturated carbocycles. The molecular formula is C14H17F3N4. The maximum atomic E-state index is 14.1. The van der Waals surface area contributed by atoms with Crippen LogP contribution in [-0.2, 0) is 6.54 Å². The highest BCUT2D eigenvalue weighted by Gasteiger charge is 2.28. The second-order valence-electron chi connectivity index (χ2n) is 4.89. The number of aryl methyl sites for hydroxylation is 1. The number of anilines is 1.